The van der Waals surface area contributed by atoms with Gasteiger partial charge in [0.05, 0.1) is 0 Å². The highest BCUT2D eigenvalue weighted by molar-refractivity contribution is 5.64. The van der Waals surface area contributed by atoms with Gasteiger partial charge in [-0.05, 0) is 41.8 Å². The lowest BCUT2D eigenvalue weighted by Crippen LogP contribution is -2.53. The molecule has 1 saturated heterocycles. The van der Waals surface area contributed by atoms with Gasteiger partial charge >= 0.3 is 0 Å². The molecule has 2 atom stereocenters. The summed E-state index contributed by atoms with van der Waals surface area (Å²) in [7, 11) is 0. The normalized spacial score (nSPS) is 25.2. The summed E-state index contributed by atoms with van der Waals surface area (Å²) < 4.78 is 32.7. The molecule has 0 bridgehead atoms. The fourth-order valence-corrected chi connectivity index (χ4v) is 2.79. The van der Waals surface area contributed by atoms with Gasteiger partial charge in [0.1, 0.15) is 23.5 Å². The molecule has 3 rings (SSSR count). The zero-order valence-corrected chi connectivity index (χ0v) is 12.3. The maximum atomic E-state index is 13.4. The highest BCUT2D eigenvalue weighted by Gasteiger charge is 2.33. The van der Waals surface area contributed by atoms with Crippen LogP contribution < -0.4 is 11.1 Å². The van der Waals surface area contributed by atoms with Crippen LogP contribution in [0.2, 0.25) is 0 Å². The highest BCUT2D eigenvalue weighted by Crippen LogP contribution is 2.31. The van der Waals surface area contributed by atoms with Crippen molar-refractivity contribution >= 4 is 0 Å². The Labute approximate surface area is 128 Å². The van der Waals surface area contributed by atoms with Crippen molar-refractivity contribution in [1.82, 2.24) is 5.32 Å². The van der Waals surface area contributed by atoms with Gasteiger partial charge < -0.3 is 15.8 Å². The number of benzene rings is 2. The Morgan fingerprint density at radius 1 is 1.14 bits per heavy atom. The van der Waals surface area contributed by atoms with Crippen molar-refractivity contribution in [2.75, 3.05) is 13.1 Å². The van der Waals surface area contributed by atoms with Gasteiger partial charge in [-0.25, -0.2) is 8.78 Å². The molecule has 1 fully saturated rings. The van der Waals surface area contributed by atoms with Gasteiger partial charge in [-0.1, -0.05) is 18.2 Å². The van der Waals surface area contributed by atoms with E-state index in [9.17, 15) is 8.78 Å². The van der Waals surface area contributed by atoms with Crippen LogP contribution in [0.25, 0.3) is 11.1 Å². The lowest BCUT2D eigenvalue weighted by molar-refractivity contribution is -0.107. The summed E-state index contributed by atoms with van der Waals surface area (Å²) in [6.07, 6.45) is -0.381. The quantitative estimate of drug-likeness (QED) is 0.897. The monoisotopic (exact) mass is 304 g/mol. The minimum Gasteiger partial charge on any atom is -0.350 e. The molecular formula is C17H18F2N2O. The Morgan fingerprint density at radius 3 is 2.55 bits per heavy atom. The van der Waals surface area contributed by atoms with Crippen LogP contribution in [0.4, 0.5) is 8.78 Å². The van der Waals surface area contributed by atoms with Crippen LogP contribution in [-0.4, -0.2) is 19.3 Å². The van der Waals surface area contributed by atoms with E-state index in [1.54, 1.807) is 0 Å². The van der Waals surface area contributed by atoms with Crippen molar-refractivity contribution in [3.05, 3.63) is 59.7 Å². The van der Waals surface area contributed by atoms with Crippen LogP contribution in [0.3, 0.4) is 0 Å². The second-order valence-corrected chi connectivity index (χ2v) is 5.76. The molecule has 0 saturated carbocycles. The Hall–Kier alpha value is -1.82. The second kappa shape index (κ2) is 5.76. The maximum Gasteiger partial charge on any atom is 0.126 e. The summed E-state index contributed by atoms with van der Waals surface area (Å²) in [5.41, 5.74) is 7.43. The number of hydrogen-bond donors (Lipinski definition) is 2. The number of nitrogens with two attached hydrogens (primary N) is 1. The van der Waals surface area contributed by atoms with Crippen molar-refractivity contribution in [2.45, 2.75) is 18.8 Å². The summed E-state index contributed by atoms with van der Waals surface area (Å²) in [4.78, 5) is 0. The van der Waals surface area contributed by atoms with Crippen LogP contribution in [0.15, 0.2) is 42.5 Å². The summed E-state index contributed by atoms with van der Waals surface area (Å²) in [6.45, 7) is 3.18. The number of rotatable bonds is 2. The average molecular weight is 304 g/mol. The minimum absolute atomic E-state index is 0.381. The van der Waals surface area contributed by atoms with E-state index in [2.05, 4.69) is 5.32 Å². The predicted molar refractivity (Wildman–Crippen MR) is 81.1 cm³/mol. The standard InChI is InChI=1S/C17H18F2N2O/c1-17(10-21-9-16(20)22-17)13-4-2-3-11(5-13)12-6-14(18)8-15(19)7-12/h2-8,16,21H,9-10,20H2,1H3. The molecule has 1 aliphatic heterocycles. The molecule has 116 valence electrons. The van der Waals surface area contributed by atoms with E-state index in [1.807, 2.05) is 31.2 Å². The van der Waals surface area contributed by atoms with Gasteiger partial charge in [-0.15, -0.1) is 0 Å². The highest BCUT2D eigenvalue weighted by atomic mass is 19.1. The van der Waals surface area contributed by atoms with Gasteiger partial charge in [0.25, 0.3) is 0 Å². The average Bonchev–Trinajstić information content (AvgIpc) is 2.46. The molecule has 0 radical (unpaired) electrons. The first-order valence-electron chi connectivity index (χ1n) is 7.17. The molecule has 0 aliphatic carbocycles. The number of halogens is 2. The fraction of sp³-hybridized carbons (Fsp3) is 0.294. The van der Waals surface area contributed by atoms with Gasteiger partial charge in [0, 0.05) is 19.2 Å². The zero-order chi connectivity index (χ0) is 15.7. The van der Waals surface area contributed by atoms with Crippen molar-refractivity contribution in [3.8, 4) is 11.1 Å². The summed E-state index contributed by atoms with van der Waals surface area (Å²) in [5, 5.41) is 3.23. The van der Waals surface area contributed by atoms with Crippen LogP contribution in [0.1, 0.15) is 12.5 Å². The number of ether oxygens (including phenoxy) is 1. The molecule has 22 heavy (non-hydrogen) atoms. The Kier molecular flexibility index (Phi) is 3.95. The summed E-state index contributed by atoms with van der Waals surface area (Å²) in [6, 6.07) is 11.0. The fourth-order valence-electron chi connectivity index (χ4n) is 2.79. The molecule has 0 aromatic heterocycles. The zero-order valence-electron chi connectivity index (χ0n) is 12.3. The predicted octanol–water partition coefficient (Wildman–Crippen LogP) is 2.75. The summed E-state index contributed by atoms with van der Waals surface area (Å²) >= 11 is 0. The minimum atomic E-state index is -0.593. The van der Waals surface area contributed by atoms with E-state index in [1.165, 1.54) is 12.1 Å². The van der Waals surface area contributed by atoms with E-state index in [4.69, 9.17) is 10.5 Å². The Morgan fingerprint density at radius 2 is 1.86 bits per heavy atom. The van der Waals surface area contributed by atoms with E-state index < -0.39 is 17.2 Å². The van der Waals surface area contributed by atoms with Crippen LogP contribution in [0, 0.1) is 11.6 Å². The number of nitrogens with one attached hydrogen (secondary N) is 1. The molecule has 0 amide bonds. The van der Waals surface area contributed by atoms with E-state index in [-0.39, 0.29) is 6.23 Å². The molecule has 2 unspecified atom stereocenters. The van der Waals surface area contributed by atoms with E-state index in [0.29, 0.717) is 18.7 Å². The second-order valence-electron chi connectivity index (χ2n) is 5.76. The number of hydrogen-bond acceptors (Lipinski definition) is 3. The van der Waals surface area contributed by atoms with Crippen molar-refractivity contribution in [2.24, 2.45) is 5.73 Å². The van der Waals surface area contributed by atoms with Crippen LogP contribution in [0.5, 0.6) is 0 Å². The maximum absolute atomic E-state index is 13.4. The van der Waals surface area contributed by atoms with Crippen LogP contribution >= 0.6 is 0 Å². The third-order valence-electron chi connectivity index (χ3n) is 3.89. The molecule has 1 aliphatic rings. The third kappa shape index (κ3) is 3.02. The van der Waals surface area contributed by atoms with Crippen molar-refractivity contribution in [3.63, 3.8) is 0 Å². The van der Waals surface area contributed by atoms with Crippen LogP contribution in [-0.2, 0) is 10.3 Å². The molecule has 0 spiro atoms. The lowest BCUT2D eigenvalue weighted by atomic mass is 9.91. The summed E-state index contributed by atoms with van der Waals surface area (Å²) in [5.74, 6) is -1.19. The van der Waals surface area contributed by atoms with Crippen molar-refractivity contribution in [1.29, 1.82) is 0 Å². The van der Waals surface area contributed by atoms with Gasteiger partial charge in [0.15, 0.2) is 0 Å². The van der Waals surface area contributed by atoms with Gasteiger partial charge in [-0.2, -0.15) is 0 Å². The Balaban J connectivity index is 1.99. The van der Waals surface area contributed by atoms with E-state index >= 15 is 0 Å². The first-order valence-corrected chi connectivity index (χ1v) is 7.17. The van der Waals surface area contributed by atoms with Gasteiger partial charge in [-0.3, -0.25) is 0 Å². The molecular weight excluding hydrogens is 286 g/mol. The smallest absolute Gasteiger partial charge is 0.126 e. The first-order chi connectivity index (χ1) is 10.5. The largest absolute Gasteiger partial charge is 0.350 e. The molecule has 1 heterocycles. The molecule has 2 aromatic rings. The van der Waals surface area contributed by atoms with Crippen molar-refractivity contribution < 1.29 is 13.5 Å². The topological polar surface area (TPSA) is 47.3 Å². The lowest BCUT2D eigenvalue weighted by Gasteiger charge is -2.38. The van der Waals surface area contributed by atoms with E-state index in [0.717, 1.165) is 17.2 Å². The Bertz CT molecular complexity index is 672. The van der Waals surface area contributed by atoms with Gasteiger partial charge in [0.2, 0.25) is 0 Å². The third-order valence-corrected chi connectivity index (χ3v) is 3.89. The molecule has 3 N–H and O–H groups in total. The molecule has 3 nitrogen and oxygen atoms in total. The first kappa shape index (κ1) is 15.1. The SMILES string of the molecule is CC1(c2cccc(-c3cc(F)cc(F)c3)c2)CNCC(N)O1. The molecule has 5 heteroatoms. The molecule has 2 aromatic carbocycles. The number of morpholine rings is 1.